The van der Waals surface area contributed by atoms with Crippen LogP contribution in [0.15, 0.2) is 47.6 Å². The second kappa shape index (κ2) is 6.62. The van der Waals surface area contributed by atoms with Crippen molar-refractivity contribution in [1.29, 1.82) is 0 Å². The zero-order chi connectivity index (χ0) is 17.1. The van der Waals surface area contributed by atoms with Crippen LogP contribution in [0.3, 0.4) is 0 Å². The summed E-state index contributed by atoms with van der Waals surface area (Å²) in [6.07, 6.45) is 0. The monoisotopic (exact) mass is 320 g/mol. The van der Waals surface area contributed by atoms with Gasteiger partial charge in [-0.1, -0.05) is 30.3 Å². The van der Waals surface area contributed by atoms with Gasteiger partial charge in [0.05, 0.1) is 11.4 Å². The van der Waals surface area contributed by atoms with E-state index in [1.54, 1.807) is 0 Å². The van der Waals surface area contributed by atoms with Crippen LogP contribution in [0.1, 0.15) is 29.7 Å². The van der Waals surface area contributed by atoms with Gasteiger partial charge in [0, 0.05) is 11.8 Å². The highest BCUT2D eigenvalue weighted by atomic mass is 15.3. The van der Waals surface area contributed by atoms with Gasteiger partial charge in [0.15, 0.2) is 11.6 Å². The van der Waals surface area contributed by atoms with E-state index in [0.29, 0.717) is 11.6 Å². The molecule has 0 saturated carbocycles. The summed E-state index contributed by atoms with van der Waals surface area (Å²) in [5, 5.41) is 8.88. The zero-order valence-corrected chi connectivity index (χ0v) is 14.3. The quantitative estimate of drug-likeness (QED) is 0.591. The van der Waals surface area contributed by atoms with Gasteiger partial charge in [-0.05, 0) is 39.3 Å². The molecule has 3 rings (SSSR count). The number of rotatable bonds is 4. The molecular formula is C18H20N6. The van der Waals surface area contributed by atoms with Gasteiger partial charge < -0.3 is 0 Å². The Bertz CT molecular complexity index is 880. The Morgan fingerprint density at radius 3 is 2.46 bits per heavy atom. The van der Waals surface area contributed by atoms with Gasteiger partial charge in [-0.25, -0.2) is 14.6 Å². The second-order valence-electron chi connectivity index (χ2n) is 5.67. The molecule has 6 nitrogen and oxygen atoms in total. The minimum Gasteiger partial charge on any atom is -0.261 e. The topological polar surface area (TPSA) is 68.0 Å². The molecule has 0 amide bonds. The molecule has 0 unspecified atom stereocenters. The Morgan fingerprint density at radius 1 is 1.04 bits per heavy atom. The van der Waals surface area contributed by atoms with Crippen LogP contribution in [-0.2, 0) is 0 Å². The molecule has 0 fully saturated rings. The summed E-state index contributed by atoms with van der Waals surface area (Å²) < 4.78 is 1.81. The van der Waals surface area contributed by atoms with Gasteiger partial charge in [-0.3, -0.25) is 5.43 Å². The lowest BCUT2D eigenvalue weighted by Crippen LogP contribution is -2.07. The number of benzene rings is 1. The van der Waals surface area contributed by atoms with Gasteiger partial charge >= 0.3 is 0 Å². The van der Waals surface area contributed by atoms with E-state index in [4.69, 9.17) is 0 Å². The lowest BCUT2D eigenvalue weighted by Gasteiger charge is -2.08. The van der Waals surface area contributed by atoms with Crippen LogP contribution in [0.4, 0.5) is 5.82 Å². The van der Waals surface area contributed by atoms with Crippen molar-refractivity contribution in [3.63, 3.8) is 0 Å². The molecule has 1 aromatic carbocycles. The molecule has 0 aliphatic heterocycles. The smallest absolute Gasteiger partial charge is 0.159 e. The fourth-order valence-corrected chi connectivity index (χ4v) is 2.46. The number of aryl methyl sites for hydroxylation is 3. The van der Waals surface area contributed by atoms with Crippen LogP contribution in [0.25, 0.3) is 5.82 Å². The standard InChI is InChI=1S/C18H20N6/c1-12-10-13(2)24(23-12)18-11-17(19-15(4)20-18)22-21-14(3)16-8-6-5-7-9-16/h5-11H,1-4H3,(H,19,20,22). The molecule has 24 heavy (non-hydrogen) atoms. The average molecular weight is 320 g/mol. The molecule has 0 aliphatic rings. The Morgan fingerprint density at radius 2 is 1.79 bits per heavy atom. The summed E-state index contributed by atoms with van der Waals surface area (Å²) in [5.41, 5.74) is 6.95. The highest BCUT2D eigenvalue weighted by molar-refractivity contribution is 5.98. The number of nitrogens with one attached hydrogen (secondary N) is 1. The fourth-order valence-electron chi connectivity index (χ4n) is 2.46. The third kappa shape index (κ3) is 3.48. The van der Waals surface area contributed by atoms with Crippen molar-refractivity contribution in [2.75, 3.05) is 5.43 Å². The molecule has 0 spiro atoms. The predicted octanol–water partition coefficient (Wildman–Crippen LogP) is 3.42. The van der Waals surface area contributed by atoms with Crippen molar-refractivity contribution in [1.82, 2.24) is 19.7 Å². The number of hydrogen-bond donors (Lipinski definition) is 1. The van der Waals surface area contributed by atoms with E-state index >= 15 is 0 Å². The third-order valence-electron chi connectivity index (χ3n) is 3.58. The summed E-state index contributed by atoms with van der Waals surface area (Å²) in [5.74, 6) is 2.03. The molecule has 0 bridgehead atoms. The maximum Gasteiger partial charge on any atom is 0.159 e. The van der Waals surface area contributed by atoms with E-state index in [1.165, 1.54) is 0 Å². The van der Waals surface area contributed by atoms with Crippen LogP contribution in [0, 0.1) is 20.8 Å². The number of hydrazone groups is 1. The Labute approximate surface area is 141 Å². The molecule has 2 aromatic heterocycles. The minimum absolute atomic E-state index is 0.639. The first kappa shape index (κ1) is 15.9. The molecule has 0 aliphatic carbocycles. The number of hydrogen-bond acceptors (Lipinski definition) is 5. The molecule has 3 aromatic rings. The first-order chi connectivity index (χ1) is 11.5. The van der Waals surface area contributed by atoms with E-state index in [2.05, 4.69) is 25.6 Å². The fraction of sp³-hybridized carbons (Fsp3) is 0.222. The summed E-state index contributed by atoms with van der Waals surface area (Å²) in [6, 6.07) is 13.9. The summed E-state index contributed by atoms with van der Waals surface area (Å²) in [6.45, 7) is 7.78. The largest absolute Gasteiger partial charge is 0.261 e. The van der Waals surface area contributed by atoms with Crippen LogP contribution < -0.4 is 5.43 Å². The van der Waals surface area contributed by atoms with Crippen LogP contribution in [-0.4, -0.2) is 25.5 Å². The Hall–Kier alpha value is -3.02. The third-order valence-corrected chi connectivity index (χ3v) is 3.58. The second-order valence-corrected chi connectivity index (χ2v) is 5.67. The first-order valence-electron chi connectivity index (χ1n) is 7.78. The summed E-state index contributed by atoms with van der Waals surface area (Å²) in [4.78, 5) is 8.86. The van der Waals surface area contributed by atoms with Crippen molar-refractivity contribution in [2.24, 2.45) is 5.10 Å². The maximum atomic E-state index is 4.47. The lowest BCUT2D eigenvalue weighted by molar-refractivity contribution is 0.793. The van der Waals surface area contributed by atoms with Gasteiger partial charge in [0.2, 0.25) is 0 Å². The van der Waals surface area contributed by atoms with Crippen molar-refractivity contribution < 1.29 is 0 Å². The SMILES string of the molecule is CC(=NNc1cc(-n2nc(C)cc2C)nc(C)n1)c1ccccc1. The van der Waals surface area contributed by atoms with Gasteiger partial charge in [0.1, 0.15) is 5.82 Å². The molecule has 0 atom stereocenters. The van der Waals surface area contributed by atoms with E-state index in [1.807, 2.05) is 74.8 Å². The van der Waals surface area contributed by atoms with Crippen molar-refractivity contribution in [2.45, 2.75) is 27.7 Å². The number of anilines is 1. The molecular weight excluding hydrogens is 300 g/mol. The number of nitrogens with zero attached hydrogens (tertiary/aromatic N) is 5. The first-order valence-corrected chi connectivity index (χ1v) is 7.78. The molecule has 0 saturated heterocycles. The average Bonchev–Trinajstić information content (AvgIpc) is 2.91. The summed E-state index contributed by atoms with van der Waals surface area (Å²) >= 11 is 0. The lowest BCUT2D eigenvalue weighted by atomic mass is 10.1. The number of aromatic nitrogens is 4. The molecule has 1 N–H and O–H groups in total. The predicted molar refractivity (Wildman–Crippen MR) is 95.6 cm³/mol. The minimum atomic E-state index is 0.639. The van der Waals surface area contributed by atoms with Crippen molar-refractivity contribution in [3.8, 4) is 5.82 Å². The molecule has 2 heterocycles. The highest BCUT2D eigenvalue weighted by Gasteiger charge is 2.08. The van der Waals surface area contributed by atoms with Crippen molar-refractivity contribution in [3.05, 3.63) is 65.2 Å². The van der Waals surface area contributed by atoms with Gasteiger partial charge in [-0.15, -0.1) is 0 Å². The molecule has 0 radical (unpaired) electrons. The van der Waals surface area contributed by atoms with E-state index in [-0.39, 0.29) is 0 Å². The molecule has 122 valence electrons. The van der Waals surface area contributed by atoms with Crippen LogP contribution >= 0.6 is 0 Å². The molecule has 6 heteroatoms. The Kier molecular flexibility index (Phi) is 4.37. The van der Waals surface area contributed by atoms with E-state index < -0.39 is 0 Å². The maximum absolute atomic E-state index is 4.47. The van der Waals surface area contributed by atoms with Gasteiger partial charge in [-0.2, -0.15) is 10.2 Å². The highest BCUT2D eigenvalue weighted by Crippen LogP contribution is 2.14. The Balaban J connectivity index is 1.88. The van der Waals surface area contributed by atoms with E-state index in [9.17, 15) is 0 Å². The normalized spacial score (nSPS) is 11.6. The van der Waals surface area contributed by atoms with Gasteiger partial charge in [0.25, 0.3) is 0 Å². The zero-order valence-electron chi connectivity index (χ0n) is 14.3. The van der Waals surface area contributed by atoms with Crippen LogP contribution in [0.2, 0.25) is 0 Å². The summed E-state index contributed by atoms with van der Waals surface area (Å²) in [7, 11) is 0. The van der Waals surface area contributed by atoms with Crippen LogP contribution in [0.5, 0.6) is 0 Å². The van der Waals surface area contributed by atoms with Crippen molar-refractivity contribution >= 4 is 11.5 Å². The van der Waals surface area contributed by atoms with E-state index in [0.717, 1.165) is 28.5 Å².